The van der Waals surface area contributed by atoms with Gasteiger partial charge in [-0.3, -0.25) is 4.79 Å². The van der Waals surface area contributed by atoms with E-state index in [9.17, 15) is 31.1 Å². The Kier molecular flexibility index (Phi) is 4.35. The Morgan fingerprint density at radius 1 is 0.870 bits per heavy atom. The number of halogens is 6. The highest BCUT2D eigenvalue weighted by molar-refractivity contribution is 5.82. The molecule has 2 rings (SSSR count). The van der Waals surface area contributed by atoms with Crippen LogP contribution in [0.5, 0.6) is 5.75 Å². The highest BCUT2D eigenvalue weighted by Crippen LogP contribution is 2.34. The lowest BCUT2D eigenvalue weighted by molar-refractivity contribution is -0.274. The minimum Gasteiger partial charge on any atom is -0.405 e. The van der Waals surface area contributed by atoms with Crippen LogP contribution in [-0.4, -0.2) is 12.6 Å². The van der Waals surface area contributed by atoms with Gasteiger partial charge in [0.25, 0.3) is 0 Å². The molecule has 0 saturated heterocycles. The first-order valence-corrected chi connectivity index (χ1v) is 6.13. The number of carbonyl (C=O) groups excluding carboxylic acids is 1. The van der Waals surface area contributed by atoms with Gasteiger partial charge in [-0.15, -0.1) is 13.2 Å². The summed E-state index contributed by atoms with van der Waals surface area (Å²) in [7, 11) is 0. The molecule has 0 aliphatic rings. The molecule has 23 heavy (non-hydrogen) atoms. The van der Waals surface area contributed by atoms with Crippen molar-refractivity contribution in [3.8, 4) is 16.9 Å². The van der Waals surface area contributed by atoms with Gasteiger partial charge >= 0.3 is 12.5 Å². The molecular weight excluding hydrogens is 326 g/mol. The minimum atomic E-state index is -5.02. The molecule has 0 radical (unpaired) electrons. The molecule has 0 aliphatic carbocycles. The van der Waals surface area contributed by atoms with Gasteiger partial charge in [0.2, 0.25) is 0 Å². The van der Waals surface area contributed by atoms with Crippen LogP contribution in [0.15, 0.2) is 42.5 Å². The molecule has 0 spiro atoms. The highest BCUT2D eigenvalue weighted by atomic mass is 19.4. The summed E-state index contributed by atoms with van der Waals surface area (Å²) in [5.41, 5.74) is -1.20. The van der Waals surface area contributed by atoms with Crippen LogP contribution in [0.4, 0.5) is 26.3 Å². The molecule has 0 heterocycles. The average Bonchev–Trinajstić information content (AvgIpc) is 2.45. The zero-order chi connectivity index (χ0) is 17.3. The number of alkyl halides is 6. The molecule has 8 heteroatoms. The first-order chi connectivity index (χ1) is 10.6. The van der Waals surface area contributed by atoms with Crippen molar-refractivity contribution in [1.82, 2.24) is 0 Å². The summed E-state index contributed by atoms with van der Waals surface area (Å²) in [5.74, 6) is -0.776. The van der Waals surface area contributed by atoms with E-state index in [-0.39, 0.29) is 23.0 Å². The molecule has 0 atom stereocenters. The zero-order valence-electron chi connectivity index (χ0n) is 11.2. The van der Waals surface area contributed by atoms with Crippen LogP contribution in [0, 0.1) is 0 Å². The Morgan fingerprint density at radius 2 is 1.52 bits per heavy atom. The quantitative estimate of drug-likeness (QED) is 0.578. The van der Waals surface area contributed by atoms with E-state index in [2.05, 4.69) is 4.74 Å². The third kappa shape index (κ3) is 4.24. The molecule has 0 aromatic heterocycles. The fraction of sp³-hybridized carbons (Fsp3) is 0.133. The molecule has 2 nitrogen and oxygen atoms in total. The van der Waals surface area contributed by atoms with Crippen LogP contribution in [0.25, 0.3) is 11.1 Å². The fourth-order valence-electron chi connectivity index (χ4n) is 1.90. The van der Waals surface area contributed by atoms with E-state index in [1.54, 1.807) is 0 Å². The number of aldehydes is 1. The monoisotopic (exact) mass is 334 g/mol. The van der Waals surface area contributed by atoms with Crippen LogP contribution < -0.4 is 4.74 Å². The number of carbonyl (C=O) groups is 1. The van der Waals surface area contributed by atoms with Gasteiger partial charge in [0.15, 0.2) is 6.29 Å². The summed E-state index contributed by atoms with van der Waals surface area (Å²) in [5, 5.41) is 0. The van der Waals surface area contributed by atoms with Gasteiger partial charge in [0.1, 0.15) is 5.75 Å². The van der Waals surface area contributed by atoms with Crippen molar-refractivity contribution in [3.63, 3.8) is 0 Å². The Morgan fingerprint density at radius 3 is 2.09 bits per heavy atom. The Bertz CT molecular complexity index is 719. The molecule has 0 saturated carbocycles. The standard InChI is InChI=1S/C15H8F6O2/c16-14(17,18)12-3-1-2-9(6-12)10-4-5-11(8-22)13(7-10)23-15(19,20)21/h1-8H. The molecule has 0 fully saturated rings. The van der Waals surface area contributed by atoms with E-state index >= 15 is 0 Å². The normalized spacial score (nSPS) is 12.1. The third-order valence-electron chi connectivity index (χ3n) is 2.89. The largest absolute Gasteiger partial charge is 0.573 e. The summed E-state index contributed by atoms with van der Waals surface area (Å²) < 4.78 is 78.8. The van der Waals surface area contributed by atoms with Gasteiger partial charge in [-0.25, -0.2) is 0 Å². The van der Waals surface area contributed by atoms with E-state index in [4.69, 9.17) is 0 Å². The Hall–Kier alpha value is -2.51. The second-order valence-electron chi connectivity index (χ2n) is 4.50. The maximum Gasteiger partial charge on any atom is 0.573 e. The van der Waals surface area contributed by atoms with Crippen LogP contribution in [0.2, 0.25) is 0 Å². The molecule has 0 unspecified atom stereocenters. The fourth-order valence-corrected chi connectivity index (χ4v) is 1.90. The smallest absolute Gasteiger partial charge is 0.405 e. The van der Waals surface area contributed by atoms with Gasteiger partial charge in [-0.05, 0) is 35.4 Å². The van der Waals surface area contributed by atoms with Gasteiger partial charge in [0, 0.05) is 0 Å². The van der Waals surface area contributed by atoms with E-state index in [1.807, 2.05) is 0 Å². The third-order valence-corrected chi connectivity index (χ3v) is 2.89. The van der Waals surface area contributed by atoms with Crippen molar-refractivity contribution in [2.24, 2.45) is 0 Å². The molecular formula is C15H8F6O2. The number of hydrogen-bond acceptors (Lipinski definition) is 2. The maximum absolute atomic E-state index is 12.7. The van der Waals surface area contributed by atoms with Crippen molar-refractivity contribution >= 4 is 6.29 Å². The molecule has 0 N–H and O–H groups in total. The van der Waals surface area contributed by atoms with Gasteiger partial charge in [0.05, 0.1) is 11.1 Å². The van der Waals surface area contributed by atoms with Crippen molar-refractivity contribution in [2.45, 2.75) is 12.5 Å². The molecule has 0 aliphatic heterocycles. The van der Waals surface area contributed by atoms with E-state index in [0.29, 0.717) is 0 Å². The zero-order valence-corrected chi connectivity index (χ0v) is 11.2. The van der Waals surface area contributed by atoms with Crippen LogP contribution in [0.1, 0.15) is 15.9 Å². The number of rotatable bonds is 3. The highest BCUT2D eigenvalue weighted by Gasteiger charge is 2.33. The maximum atomic E-state index is 12.7. The summed E-state index contributed by atoms with van der Waals surface area (Å²) in [6.07, 6.45) is -9.44. The summed E-state index contributed by atoms with van der Waals surface area (Å²) in [6.45, 7) is 0. The minimum absolute atomic E-state index is 0.0456. The first-order valence-electron chi connectivity index (χ1n) is 6.13. The Labute approximate surface area is 126 Å². The lowest BCUT2D eigenvalue weighted by Crippen LogP contribution is -2.18. The predicted octanol–water partition coefficient (Wildman–Crippen LogP) is 5.08. The second kappa shape index (κ2) is 5.94. The van der Waals surface area contributed by atoms with Gasteiger partial charge in [-0.2, -0.15) is 13.2 Å². The van der Waals surface area contributed by atoms with E-state index in [1.165, 1.54) is 12.1 Å². The number of ether oxygens (including phenoxy) is 1. The molecule has 0 amide bonds. The van der Waals surface area contributed by atoms with Crippen molar-refractivity contribution in [2.75, 3.05) is 0 Å². The van der Waals surface area contributed by atoms with Crippen LogP contribution in [0.3, 0.4) is 0 Å². The molecule has 122 valence electrons. The average molecular weight is 334 g/mol. The lowest BCUT2D eigenvalue weighted by Gasteiger charge is -2.13. The lowest BCUT2D eigenvalue weighted by atomic mass is 10.0. The van der Waals surface area contributed by atoms with Gasteiger partial charge in [-0.1, -0.05) is 18.2 Å². The van der Waals surface area contributed by atoms with Crippen LogP contribution in [-0.2, 0) is 6.18 Å². The van der Waals surface area contributed by atoms with E-state index in [0.717, 1.165) is 30.3 Å². The van der Waals surface area contributed by atoms with Crippen molar-refractivity contribution in [3.05, 3.63) is 53.6 Å². The Balaban J connectivity index is 2.48. The summed E-state index contributed by atoms with van der Waals surface area (Å²) >= 11 is 0. The molecule has 0 bridgehead atoms. The van der Waals surface area contributed by atoms with Gasteiger partial charge < -0.3 is 4.74 Å². The van der Waals surface area contributed by atoms with Crippen molar-refractivity contribution < 1.29 is 35.9 Å². The second-order valence-corrected chi connectivity index (χ2v) is 4.50. The SMILES string of the molecule is O=Cc1ccc(-c2cccc(C(F)(F)F)c2)cc1OC(F)(F)F. The van der Waals surface area contributed by atoms with E-state index < -0.39 is 23.9 Å². The topological polar surface area (TPSA) is 26.3 Å². The summed E-state index contributed by atoms with van der Waals surface area (Å²) in [6, 6.07) is 7.24. The number of benzene rings is 2. The van der Waals surface area contributed by atoms with Crippen molar-refractivity contribution in [1.29, 1.82) is 0 Å². The molecule has 2 aromatic rings. The molecule has 2 aromatic carbocycles. The first kappa shape index (κ1) is 16.9. The van der Waals surface area contributed by atoms with Crippen LogP contribution >= 0.6 is 0 Å². The summed E-state index contributed by atoms with van der Waals surface area (Å²) in [4.78, 5) is 10.8. The predicted molar refractivity (Wildman–Crippen MR) is 69.0 cm³/mol. The number of hydrogen-bond donors (Lipinski definition) is 0.